The number of carbonyl (C=O) groups is 3. The highest BCUT2D eigenvalue weighted by atomic mass is 16.7. The van der Waals surface area contributed by atoms with Gasteiger partial charge in [-0.3, -0.25) is 9.59 Å². The summed E-state index contributed by atoms with van der Waals surface area (Å²) in [6.45, 7) is 0. The topological polar surface area (TPSA) is 189 Å². The molecule has 0 unspecified atom stereocenters. The predicted molar refractivity (Wildman–Crippen MR) is 135 cm³/mol. The molecule has 1 heterocycles. The number of carbonyl (C=O) groups excluding carboxylic acids is 2. The third-order valence-electron chi connectivity index (χ3n) is 5.72. The fourth-order valence-corrected chi connectivity index (χ4v) is 3.63. The average molecular weight is 545 g/mol. The number of phenolic OH excluding ortho intramolecular Hbond substituents is 1. The molecule has 1 aliphatic rings. The summed E-state index contributed by atoms with van der Waals surface area (Å²) in [5.41, 5.74) is 1.10. The minimum absolute atomic E-state index is 0.0314. The van der Waals surface area contributed by atoms with Gasteiger partial charge < -0.3 is 44.5 Å². The molecular weight excluding hydrogens is 516 g/mol. The molecule has 0 aromatic heterocycles. The van der Waals surface area contributed by atoms with Gasteiger partial charge in [-0.2, -0.15) is 0 Å². The first-order chi connectivity index (χ1) is 18.5. The van der Waals surface area contributed by atoms with Crippen LogP contribution in [0.2, 0.25) is 0 Å². The number of hydrogen-bond donors (Lipinski definition) is 5. The highest BCUT2D eigenvalue weighted by molar-refractivity contribution is 6.10. The van der Waals surface area contributed by atoms with Gasteiger partial charge in [-0.15, -0.1) is 0 Å². The smallest absolute Gasteiger partial charge is 0.335 e. The fraction of sp³-hybridized carbons (Fsp3) is 0.296. The van der Waals surface area contributed by atoms with Crippen molar-refractivity contribution in [3.63, 3.8) is 0 Å². The van der Waals surface area contributed by atoms with E-state index in [1.54, 1.807) is 12.1 Å². The Morgan fingerprint density at radius 2 is 1.38 bits per heavy atom. The number of carboxylic acids is 1. The van der Waals surface area contributed by atoms with Gasteiger partial charge in [0.15, 0.2) is 40.7 Å². The molecular formula is C27H28O12. The number of allylic oxidation sites excluding steroid dienone is 2. The first kappa shape index (κ1) is 29.3. The van der Waals surface area contributed by atoms with E-state index in [2.05, 4.69) is 0 Å². The van der Waals surface area contributed by atoms with Crippen LogP contribution >= 0.6 is 0 Å². The molecule has 0 radical (unpaired) electrons. The highest BCUT2D eigenvalue weighted by Crippen LogP contribution is 2.32. The molecule has 208 valence electrons. The number of aliphatic carboxylic acids is 1. The Labute approximate surface area is 222 Å². The maximum atomic E-state index is 12.3. The molecule has 2 aromatic carbocycles. The first-order valence-electron chi connectivity index (χ1n) is 11.6. The number of aliphatic hydroxyl groups excluding tert-OH is 3. The zero-order chi connectivity index (χ0) is 28.7. The lowest BCUT2D eigenvalue weighted by atomic mass is 9.99. The zero-order valence-corrected chi connectivity index (χ0v) is 21.0. The lowest BCUT2D eigenvalue weighted by Gasteiger charge is -2.38. The van der Waals surface area contributed by atoms with E-state index in [1.807, 2.05) is 0 Å². The molecule has 12 nitrogen and oxygen atoms in total. The summed E-state index contributed by atoms with van der Waals surface area (Å²) in [7, 11) is 2.73. The number of ketones is 2. The number of benzene rings is 2. The van der Waals surface area contributed by atoms with Gasteiger partial charge in [0.05, 0.1) is 20.6 Å². The molecule has 2 aromatic rings. The SMILES string of the molecule is COc1cc(/C=C/C(=O)CC(=O)/C=C/c2ccc(O[C@H]3O[C@@H](C(=O)O)[C@@H](O)[C@@H](O)[C@H]3O)c(OC)c2)ccc1O. The van der Waals surface area contributed by atoms with Crippen molar-refractivity contribution in [3.05, 3.63) is 59.7 Å². The molecule has 0 spiro atoms. The van der Waals surface area contributed by atoms with Crippen LogP contribution in [0.1, 0.15) is 17.5 Å². The highest BCUT2D eigenvalue weighted by Gasteiger charge is 2.48. The molecule has 12 heteroatoms. The Hall–Kier alpha value is -4.23. The standard InChI is InChI=1S/C27H28O12/c1-36-20-11-14(5-9-18(20)30)3-7-16(28)13-17(29)8-4-15-6-10-19(21(12-15)37-2)38-27-24(33)22(31)23(32)25(39-27)26(34)35/h3-12,22-25,27,30-33H,13H2,1-2H3,(H,34,35)/b7-3+,8-4+/t22-,23+,24-,25-,27+/m1/s1. The second-order valence-corrected chi connectivity index (χ2v) is 8.47. The minimum Gasteiger partial charge on any atom is -0.504 e. The molecule has 0 aliphatic carbocycles. The number of carboxylic acid groups (broad SMARTS) is 1. The molecule has 5 N–H and O–H groups in total. The Morgan fingerprint density at radius 3 is 1.95 bits per heavy atom. The Bertz CT molecular complexity index is 1270. The summed E-state index contributed by atoms with van der Waals surface area (Å²) in [6, 6.07) is 8.96. The summed E-state index contributed by atoms with van der Waals surface area (Å²) >= 11 is 0. The van der Waals surface area contributed by atoms with E-state index in [0.29, 0.717) is 11.1 Å². The van der Waals surface area contributed by atoms with Crippen LogP contribution in [0.15, 0.2) is 48.6 Å². The average Bonchev–Trinajstić information content (AvgIpc) is 2.91. The summed E-state index contributed by atoms with van der Waals surface area (Å²) in [6.07, 6.45) is -3.85. The van der Waals surface area contributed by atoms with Crippen molar-refractivity contribution in [2.24, 2.45) is 0 Å². The Balaban J connectivity index is 1.63. The van der Waals surface area contributed by atoms with Gasteiger partial charge >= 0.3 is 5.97 Å². The molecule has 0 bridgehead atoms. The number of aliphatic hydroxyl groups is 3. The van der Waals surface area contributed by atoms with Crippen molar-refractivity contribution < 1.29 is 58.9 Å². The maximum absolute atomic E-state index is 12.3. The monoisotopic (exact) mass is 544 g/mol. The van der Waals surface area contributed by atoms with Crippen LogP contribution in [0.5, 0.6) is 23.0 Å². The molecule has 3 rings (SSSR count). The molecule has 5 atom stereocenters. The number of phenols is 1. The van der Waals surface area contributed by atoms with E-state index in [0.717, 1.165) is 0 Å². The molecule has 39 heavy (non-hydrogen) atoms. The van der Waals surface area contributed by atoms with Gasteiger partial charge in [0.25, 0.3) is 0 Å². The van der Waals surface area contributed by atoms with E-state index in [9.17, 15) is 39.9 Å². The fourth-order valence-electron chi connectivity index (χ4n) is 3.63. The predicted octanol–water partition coefficient (Wildman–Crippen LogP) is 0.935. The molecule has 0 amide bonds. The van der Waals surface area contributed by atoms with E-state index < -0.39 is 48.2 Å². The quantitative estimate of drug-likeness (QED) is 0.199. The van der Waals surface area contributed by atoms with Crippen LogP contribution in [0.25, 0.3) is 12.2 Å². The zero-order valence-electron chi connectivity index (χ0n) is 21.0. The number of rotatable bonds is 11. The Kier molecular flexibility index (Phi) is 9.79. The molecule has 1 aliphatic heterocycles. The third-order valence-corrected chi connectivity index (χ3v) is 5.72. The third kappa shape index (κ3) is 7.42. The molecule has 1 fully saturated rings. The summed E-state index contributed by atoms with van der Waals surface area (Å²) in [5, 5.41) is 48.7. The lowest BCUT2D eigenvalue weighted by molar-refractivity contribution is -0.271. The van der Waals surface area contributed by atoms with Crippen LogP contribution in [0.3, 0.4) is 0 Å². The number of ether oxygens (including phenoxy) is 4. The maximum Gasteiger partial charge on any atom is 0.335 e. The van der Waals surface area contributed by atoms with Crippen molar-refractivity contribution in [1.29, 1.82) is 0 Å². The number of methoxy groups -OCH3 is 2. The van der Waals surface area contributed by atoms with Crippen LogP contribution in [-0.2, 0) is 19.1 Å². The van der Waals surface area contributed by atoms with Gasteiger partial charge in [0, 0.05) is 0 Å². The van der Waals surface area contributed by atoms with Crippen molar-refractivity contribution in [1.82, 2.24) is 0 Å². The van der Waals surface area contributed by atoms with Crippen LogP contribution in [0, 0.1) is 0 Å². The van der Waals surface area contributed by atoms with E-state index in [-0.39, 0.29) is 29.4 Å². The van der Waals surface area contributed by atoms with Crippen molar-refractivity contribution in [3.8, 4) is 23.0 Å². The van der Waals surface area contributed by atoms with Gasteiger partial charge in [0.1, 0.15) is 18.3 Å². The lowest BCUT2D eigenvalue weighted by Crippen LogP contribution is -2.61. The van der Waals surface area contributed by atoms with Crippen LogP contribution < -0.4 is 14.2 Å². The largest absolute Gasteiger partial charge is 0.504 e. The second-order valence-electron chi connectivity index (χ2n) is 8.47. The first-order valence-corrected chi connectivity index (χ1v) is 11.6. The summed E-state index contributed by atoms with van der Waals surface area (Å²) in [5.74, 6) is -2.07. The van der Waals surface area contributed by atoms with E-state index in [1.165, 1.54) is 62.8 Å². The van der Waals surface area contributed by atoms with Gasteiger partial charge in [-0.25, -0.2) is 4.79 Å². The summed E-state index contributed by atoms with van der Waals surface area (Å²) in [4.78, 5) is 35.7. The van der Waals surface area contributed by atoms with Gasteiger partial charge in [-0.05, 0) is 47.5 Å². The van der Waals surface area contributed by atoms with Crippen molar-refractivity contribution in [2.75, 3.05) is 14.2 Å². The van der Waals surface area contributed by atoms with Crippen molar-refractivity contribution in [2.45, 2.75) is 37.1 Å². The van der Waals surface area contributed by atoms with E-state index >= 15 is 0 Å². The van der Waals surface area contributed by atoms with Crippen LogP contribution in [0.4, 0.5) is 0 Å². The molecule has 1 saturated heterocycles. The minimum atomic E-state index is -1.86. The Morgan fingerprint density at radius 1 is 0.821 bits per heavy atom. The van der Waals surface area contributed by atoms with Crippen LogP contribution in [-0.4, -0.2) is 88.0 Å². The summed E-state index contributed by atoms with van der Waals surface area (Å²) < 4.78 is 20.9. The molecule has 0 saturated carbocycles. The number of aromatic hydroxyl groups is 1. The number of hydrogen-bond acceptors (Lipinski definition) is 11. The van der Waals surface area contributed by atoms with Crippen molar-refractivity contribution >= 4 is 29.7 Å². The van der Waals surface area contributed by atoms with E-state index in [4.69, 9.17) is 18.9 Å². The van der Waals surface area contributed by atoms with Gasteiger partial charge in [0.2, 0.25) is 6.29 Å². The second kappa shape index (κ2) is 13.0. The van der Waals surface area contributed by atoms with Gasteiger partial charge in [-0.1, -0.05) is 24.3 Å². The normalized spacial score (nSPS) is 23.1.